The van der Waals surface area contributed by atoms with E-state index in [0.29, 0.717) is 40.7 Å². The molecule has 0 unspecified atom stereocenters. The van der Waals surface area contributed by atoms with Gasteiger partial charge in [0.1, 0.15) is 6.61 Å². The summed E-state index contributed by atoms with van der Waals surface area (Å²) < 4.78 is 28.7. The molecule has 4 rings (SSSR count). The van der Waals surface area contributed by atoms with E-state index < -0.39 is 23.9 Å². The third-order valence-electron chi connectivity index (χ3n) is 6.80. The highest BCUT2D eigenvalue weighted by Gasteiger charge is 2.32. The number of nitrogens with zero attached hydrogens (tertiary/aromatic N) is 1. The Kier molecular flexibility index (Phi) is 11.8. The molecule has 0 saturated heterocycles. The molecule has 46 heavy (non-hydrogen) atoms. The van der Waals surface area contributed by atoms with Crippen LogP contribution in [0.1, 0.15) is 42.1 Å². The second-order valence-corrected chi connectivity index (χ2v) is 11.3. The van der Waals surface area contributed by atoms with Crippen molar-refractivity contribution < 1.29 is 38.1 Å². The number of hydrogen-bond donors (Lipinski definition) is 3. The van der Waals surface area contributed by atoms with Crippen LogP contribution in [0.4, 0.5) is 4.79 Å². The van der Waals surface area contributed by atoms with Gasteiger partial charge in [-0.1, -0.05) is 35.9 Å². The molecule has 3 amide bonds. The van der Waals surface area contributed by atoms with Gasteiger partial charge in [0.05, 0.1) is 42.2 Å². The van der Waals surface area contributed by atoms with Crippen LogP contribution < -0.4 is 35.0 Å². The molecule has 0 fully saturated rings. The lowest BCUT2D eigenvalue weighted by atomic mass is 9.95. The number of carbonyl (C=O) groups excluding carboxylic acids is 3. The number of hydrogen-bond acceptors (Lipinski definition) is 9. The number of carbonyl (C=O) groups is 3. The standard InChI is InChI=1S/C33H35IN4O8/c1-6-44-32(40)29-20(3)36-33(41)37-30(29)23-11-12-25(26(15-23)42-4)45-18-28(39)38-35-16-22-13-24(34)31(27(14-22)43-5)46-17-21-9-7-19(2)8-10-21/h7-16,30H,6,17-18H2,1-5H3,(H,38,39)(H2,36,37,41)/b35-16-/t30-/m0/s1. The number of urea groups is 1. The monoisotopic (exact) mass is 742 g/mol. The number of amides is 3. The summed E-state index contributed by atoms with van der Waals surface area (Å²) in [5, 5.41) is 9.38. The molecule has 3 aromatic rings. The van der Waals surface area contributed by atoms with E-state index in [9.17, 15) is 14.4 Å². The van der Waals surface area contributed by atoms with Gasteiger partial charge >= 0.3 is 12.0 Å². The minimum atomic E-state index is -0.774. The summed E-state index contributed by atoms with van der Waals surface area (Å²) in [5.41, 5.74) is 6.57. The number of nitrogens with one attached hydrogen (secondary N) is 3. The molecule has 3 N–H and O–H groups in total. The summed E-state index contributed by atoms with van der Waals surface area (Å²) in [6, 6.07) is 15.4. The van der Waals surface area contributed by atoms with Gasteiger partial charge in [0.2, 0.25) is 0 Å². The molecule has 0 radical (unpaired) electrons. The fourth-order valence-corrected chi connectivity index (χ4v) is 5.34. The van der Waals surface area contributed by atoms with E-state index in [4.69, 9.17) is 23.7 Å². The summed E-state index contributed by atoms with van der Waals surface area (Å²) in [6.07, 6.45) is 1.49. The molecular formula is C33H35IN4O8. The van der Waals surface area contributed by atoms with Crippen molar-refractivity contribution in [1.29, 1.82) is 0 Å². The van der Waals surface area contributed by atoms with Crippen LogP contribution in [0.2, 0.25) is 0 Å². The SMILES string of the molecule is CCOC(=O)C1=C(C)NC(=O)N[C@H]1c1ccc(OCC(=O)N/N=C\c2cc(I)c(OCc3ccc(C)cc3)c(OC)c2)c(OC)c1. The molecule has 1 atom stereocenters. The Morgan fingerprint density at radius 2 is 1.72 bits per heavy atom. The Hall–Kier alpha value is -4.79. The van der Waals surface area contributed by atoms with Crippen molar-refractivity contribution in [2.24, 2.45) is 5.10 Å². The molecule has 1 aliphatic rings. The van der Waals surface area contributed by atoms with E-state index in [-0.39, 0.29) is 24.5 Å². The van der Waals surface area contributed by atoms with Crippen molar-refractivity contribution in [3.8, 4) is 23.0 Å². The number of ether oxygens (including phenoxy) is 5. The van der Waals surface area contributed by atoms with Gasteiger partial charge in [0.15, 0.2) is 29.6 Å². The smallest absolute Gasteiger partial charge is 0.338 e. The van der Waals surface area contributed by atoms with Crippen LogP contribution in [0.25, 0.3) is 0 Å². The molecule has 1 aliphatic heterocycles. The highest BCUT2D eigenvalue weighted by atomic mass is 127. The van der Waals surface area contributed by atoms with Gasteiger partial charge in [-0.25, -0.2) is 15.0 Å². The first-order chi connectivity index (χ1) is 22.1. The predicted octanol–water partition coefficient (Wildman–Crippen LogP) is 4.92. The van der Waals surface area contributed by atoms with Crippen molar-refractivity contribution >= 4 is 46.7 Å². The lowest BCUT2D eigenvalue weighted by molar-refractivity contribution is -0.139. The maximum atomic E-state index is 12.6. The molecule has 0 aromatic heterocycles. The van der Waals surface area contributed by atoms with Gasteiger partial charge in [0, 0.05) is 5.70 Å². The Morgan fingerprint density at radius 1 is 0.978 bits per heavy atom. The maximum absolute atomic E-state index is 12.6. The second kappa shape index (κ2) is 16.0. The molecule has 3 aromatic carbocycles. The van der Waals surface area contributed by atoms with Crippen LogP contribution in [0.5, 0.6) is 23.0 Å². The average Bonchev–Trinajstić information content (AvgIpc) is 3.03. The summed E-state index contributed by atoms with van der Waals surface area (Å²) in [4.78, 5) is 37.3. The van der Waals surface area contributed by atoms with Crippen molar-refractivity contribution in [1.82, 2.24) is 16.1 Å². The van der Waals surface area contributed by atoms with Gasteiger partial charge in [0.25, 0.3) is 5.91 Å². The third-order valence-corrected chi connectivity index (χ3v) is 7.60. The molecule has 1 heterocycles. The lowest BCUT2D eigenvalue weighted by Gasteiger charge is -2.28. The quantitative estimate of drug-likeness (QED) is 0.0970. The number of allylic oxidation sites excluding steroid dienone is 1. The highest BCUT2D eigenvalue weighted by molar-refractivity contribution is 14.1. The van der Waals surface area contributed by atoms with Crippen LogP contribution in [-0.2, 0) is 20.9 Å². The predicted molar refractivity (Wildman–Crippen MR) is 179 cm³/mol. The first-order valence-corrected chi connectivity index (χ1v) is 15.3. The van der Waals surface area contributed by atoms with Crippen molar-refractivity contribution in [2.45, 2.75) is 33.4 Å². The van der Waals surface area contributed by atoms with Gasteiger partial charge < -0.3 is 34.3 Å². The van der Waals surface area contributed by atoms with Gasteiger partial charge in [-0.15, -0.1) is 0 Å². The number of esters is 1. The molecule has 0 saturated carbocycles. The number of methoxy groups -OCH3 is 2. The van der Waals surface area contributed by atoms with Crippen molar-refractivity contribution in [2.75, 3.05) is 27.4 Å². The van der Waals surface area contributed by atoms with E-state index in [1.54, 1.807) is 45.2 Å². The molecule has 12 nitrogen and oxygen atoms in total. The second-order valence-electron chi connectivity index (χ2n) is 10.1. The minimum absolute atomic E-state index is 0.183. The van der Waals surface area contributed by atoms with Gasteiger partial charge in [-0.05, 0) is 84.3 Å². The largest absolute Gasteiger partial charge is 0.493 e. The summed E-state index contributed by atoms with van der Waals surface area (Å²) in [5.74, 6) is 0.678. The lowest BCUT2D eigenvalue weighted by Crippen LogP contribution is -2.45. The van der Waals surface area contributed by atoms with E-state index in [1.807, 2.05) is 37.3 Å². The first kappa shape index (κ1) is 34.1. The Balaban J connectivity index is 1.37. The van der Waals surface area contributed by atoms with E-state index in [1.165, 1.54) is 18.9 Å². The van der Waals surface area contributed by atoms with Crippen molar-refractivity contribution in [3.63, 3.8) is 0 Å². The molecular weight excluding hydrogens is 707 g/mol. The Morgan fingerprint density at radius 3 is 2.41 bits per heavy atom. The highest BCUT2D eigenvalue weighted by Crippen LogP contribution is 2.35. The normalized spacial score (nSPS) is 14.3. The molecule has 242 valence electrons. The van der Waals surface area contributed by atoms with Gasteiger partial charge in [-0.2, -0.15) is 5.10 Å². The summed E-state index contributed by atoms with van der Waals surface area (Å²) in [7, 11) is 3.00. The molecule has 0 aliphatic carbocycles. The Labute approximate surface area is 280 Å². The fraction of sp³-hybridized carbons (Fsp3) is 0.273. The van der Waals surface area contributed by atoms with E-state index >= 15 is 0 Å². The number of rotatable bonds is 13. The zero-order valence-electron chi connectivity index (χ0n) is 26.1. The van der Waals surface area contributed by atoms with Crippen LogP contribution >= 0.6 is 22.6 Å². The minimum Gasteiger partial charge on any atom is -0.493 e. The van der Waals surface area contributed by atoms with Gasteiger partial charge in [-0.3, -0.25) is 4.79 Å². The zero-order valence-corrected chi connectivity index (χ0v) is 28.2. The van der Waals surface area contributed by atoms with Crippen molar-refractivity contribution in [3.05, 3.63) is 91.7 Å². The summed E-state index contributed by atoms with van der Waals surface area (Å²) >= 11 is 2.17. The molecule has 0 spiro atoms. The first-order valence-electron chi connectivity index (χ1n) is 14.3. The van der Waals surface area contributed by atoms with E-state index in [2.05, 4.69) is 43.8 Å². The van der Waals surface area contributed by atoms with Crippen LogP contribution in [0.15, 0.2) is 71.0 Å². The van der Waals surface area contributed by atoms with Crippen LogP contribution in [0.3, 0.4) is 0 Å². The zero-order chi connectivity index (χ0) is 33.2. The number of halogens is 1. The Bertz CT molecular complexity index is 1660. The fourth-order valence-electron chi connectivity index (χ4n) is 4.55. The van der Waals surface area contributed by atoms with Crippen LogP contribution in [0, 0.1) is 10.5 Å². The number of hydrazone groups is 1. The topological polar surface area (TPSA) is 146 Å². The average molecular weight is 743 g/mol. The van der Waals surface area contributed by atoms with Crippen LogP contribution in [-0.4, -0.2) is 51.6 Å². The summed E-state index contributed by atoms with van der Waals surface area (Å²) in [6.45, 7) is 5.59. The third kappa shape index (κ3) is 8.68. The molecule has 0 bridgehead atoms. The maximum Gasteiger partial charge on any atom is 0.338 e. The number of benzene rings is 3. The molecule has 13 heteroatoms. The van der Waals surface area contributed by atoms with E-state index in [0.717, 1.165) is 9.13 Å². The number of aryl methyl sites for hydroxylation is 1.